The number of hydrogen-bond donors (Lipinski definition) is 1. The average molecular weight is 275 g/mol. The molecule has 0 amide bonds. The van der Waals surface area contributed by atoms with Gasteiger partial charge in [0, 0.05) is 12.1 Å². The zero-order valence-corrected chi connectivity index (χ0v) is 10.8. The van der Waals surface area contributed by atoms with Crippen molar-refractivity contribution in [3.05, 3.63) is 40.6 Å². The predicted molar refractivity (Wildman–Crippen MR) is 69.6 cm³/mol. The Kier molecular flexibility index (Phi) is 2.81. The van der Waals surface area contributed by atoms with Gasteiger partial charge in [0.05, 0.1) is 12.8 Å². The van der Waals surface area contributed by atoms with Crippen molar-refractivity contribution in [1.29, 1.82) is 0 Å². The predicted octanol–water partition coefficient (Wildman–Crippen LogP) is 1.08. The Morgan fingerprint density at radius 3 is 2.80 bits per heavy atom. The number of ether oxygens (including phenoxy) is 1. The molecule has 0 spiro atoms. The highest BCUT2D eigenvalue weighted by Crippen LogP contribution is 2.34. The molecule has 0 bridgehead atoms. The van der Waals surface area contributed by atoms with Gasteiger partial charge in [0.15, 0.2) is 0 Å². The zero-order valence-electron chi connectivity index (χ0n) is 10.8. The van der Waals surface area contributed by atoms with Crippen molar-refractivity contribution in [3.8, 4) is 11.4 Å². The fourth-order valence-corrected chi connectivity index (χ4v) is 2.10. The maximum Gasteiger partial charge on any atom is 0.374 e. The van der Waals surface area contributed by atoms with Gasteiger partial charge in [-0.05, 0) is 25.0 Å². The molecule has 7 heteroatoms. The van der Waals surface area contributed by atoms with Gasteiger partial charge in [-0.15, -0.1) is 5.10 Å². The summed E-state index contributed by atoms with van der Waals surface area (Å²) in [6.07, 6.45) is 1.62. The molecule has 0 saturated heterocycles. The van der Waals surface area contributed by atoms with Gasteiger partial charge in [-0.1, -0.05) is 6.07 Å². The number of rotatable bonds is 4. The van der Waals surface area contributed by atoms with E-state index in [1.807, 2.05) is 0 Å². The minimum Gasteiger partial charge on any atom is -0.497 e. The van der Waals surface area contributed by atoms with E-state index in [-0.39, 0.29) is 11.9 Å². The van der Waals surface area contributed by atoms with Gasteiger partial charge in [0.1, 0.15) is 5.75 Å². The Morgan fingerprint density at radius 2 is 2.20 bits per heavy atom. The molecule has 0 atom stereocenters. The van der Waals surface area contributed by atoms with Crippen LogP contribution in [0.25, 0.3) is 5.69 Å². The first-order valence-electron chi connectivity index (χ1n) is 6.21. The van der Waals surface area contributed by atoms with Crippen molar-refractivity contribution in [2.24, 2.45) is 0 Å². The first-order chi connectivity index (χ1) is 9.61. The van der Waals surface area contributed by atoms with Crippen LogP contribution < -0.4 is 10.4 Å². The summed E-state index contributed by atoms with van der Waals surface area (Å²) in [6, 6.07) is 6.73. The molecule has 20 heavy (non-hydrogen) atoms. The van der Waals surface area contributed by atoms with Gasteiger partial charge >= 0.3 is 11.7 Å². The largest absolute Gasteiger partial charge is 0.497 e. The van der Waals surface area contributed by atoms with Gasteiger partial charge in [0.2, 0.25) is 5.82 Å². The summed E-state index contributed by atoms with van der Waals surface area (Å²) < 4.78 is 7.45. The normalized spacial score (nSPS) is 14.2. The summed E-state index contributed by atoms with van der Waals surface area (Å²) in [5.74, 6) is -0.844. The van der Waals surface area contributed by atoms with Gasteiger partial charge in [-0.3, -0.25) is 4.57 Å². The number of nitrogens with zero attached hydrogens (tertiary/aromatic N) is 3. The fraction of sp³-hybridized carbons (Fsp3) is 0.308. The van der Waals surface area contributed by atoms with Crippen LogP contribution in [0.5, 0.6) is 5.75 Å². The maximum atomic E-state index is 12.3. The Bertz CT molecular complexity index is 727. The van der Waals surface area contributed by atoms with Crippen LogP contribution in [-0.2, 0) is 0 Å². The fourth-order valence-electron chi connectivity index (χ4n) is 2.10. The molecule has 7 nitrogen and oxygen atoms in total. The summed E-state index contributed by atoms with van der Waals surface area (Å²) in [5.41, 5.74) is 0.0504. The molecule has 1 aromatic carbocycles. The van der Waals surface area contributed by atoms with Crippen molar-refractivity contribution in [1.82, 2.24) is 14.3 Å². The van der Waals surface area contributed by atoms with Crippen molar-refractivity contribution >= 4 is 5.97 Å². The first-order valence-corrected chi connectivity index (χ1v) is 6.21. The smallest absolute Gasteiger partial charge is 0.374 e. The molecular weight excluding hydrogens is 262 g/mol. The monoisotopic (exact) mass is 275 g/mol. The third-order valence-corrected chi connectivity index (χ3v) is 3.21. The summed E-state index contributed by atoms with van der Waals surface area (Å²) in [6.45, 7) is 0. The molecule has 1 saturated carbocycles. The van der Waals surface area contributed by atoms with Crippen LogP contribution in [0.2, 0.25) is 0 Å². The summed E-state index contributed by atoms with van der Waals surface area (Å²) in [5, 5.41) is 13.1. The number of carboxylic acid groups (broad SMARTS) is 1. The maximum absolute atomic E-state index is 12.3. The van der Waals surface area contributed by atoms with E-state index in [0.29, 0.717) is 11.4 Å². The molecule has 1 aliphatic rings. The van der Waals surface area contributed by atoms with Crippen LogP contribution in [0.4, 0.5) is 0 Å². The molecule has 1 heterocycles. The lowest BCUT2D eigenvalue weighted by molar-refractivity contribution is 0.0676. The minimum atomic E-state index is -1.20. The quantitative estimate of drug-likeness (QED) is 0.902. The molecule has 2 aromatic rings. The summed E-state index contributed by atoms with van der Waals surface area (Å²) >= 11 is 0. The van der Waals surface area contributed by atoms with Crippen LogP contribution in [0, 0.1) is 0 Å². The number of methoxy groups -OCH3 is 1. The highest BCUT2D eigenvalue weighted by atomic mass is 16.5. The zero-order chi connectivity index (χ0) is 14.3. The Balaban J connectivity index is 2.16. The molecule has 1 aliphatic carbocycles. The second kappa shape index (κ2) is 4.52. The topological polar surface area (TPSA) is 86.3 Å². The molecule has 0 radical (unpaired) electrons. The first kappa shape index (κ1) is 12.5. The molecule has 1 N–H and O–H groups in total. The number of carbonyl (C=O) groups is 1. The second-order valence-corrected chi connectivity index (χ2v) is 4.63. The number of carboxylic acids is 1. The van der Waals surface area contributed by atoms with Gasteiger partial charge in [-0.25, -0.2) is 9.59 Å². The van der Waals surface area contributed by atoms with E-state index in [9.17, 15) is 9.59 Å². The van der Waals surface area contributed by atoms with Gasteiger partial charge in [-0.2, -0.15) is 4.68 Å². The number of benzene rings is 1. The van der Waals surface area contributed by atoms with Crippen molar-refractivity contribution < 1.29 is 14.6 Å². The van der Waals surface area contributed by atoms with Crippen LogP contribution in [0.15, 0.2) is 29.1 Å². The molecule has 0 aliphatic heterocycles. The standard InChI is InChI=1S/C13H13N3O4/c1-20-10-4-2-3-9(7-10)16-13(19)15(8-5-6-8)11(14-16)12(17)18/h2-4,7-8H,5-6H2,1H3,(H,17,18). The molecular formula is C13H13N3O4. The molecule has 1 aromatic heterocycles. The van der Waals surface area contributed by atoms with E-state index in [1.165, 1.54) is 11.7 Å². The third kappa shape index (κ3) is 1.97. The van der Waals surface area contributed by atoms with E-state index in [4.69, 9.17) is 9.84 Å². The SMILES string of the molecule is COc1cccc(-n2nc(C(=O)O)n(C3CC3)c2=O)c1. The van der Waals surface area contributed by atoms with Crippen molar-refractivity contribution in [3.63, 3.8) is 0 Å². The second-order valence-electron chi connectivity index (χ2n) is 4.63. The van der Waals surface area contributed by atoms with Crippen LogP contribution in [0.1, 0.15) is 29.5 Å². The third-order valence-electron chi connectivity index (χ3n) is 3.21. The van der Waals surface area contributed by atoms with Gasteiger partial charge < -0.3 is 9.84 Å². The van der Waals surface area contributed by atoms with Crippen LogP contribution in [0.3, 0.4) is 0 Å². The minimum absolute atomic E-state index is 0.0482. The number of aromatic nitrogens is 3. The lowest BCUT2D eigenvalue weighted by Gasteiger charge is -2.02. The number of hydrogen-bond acceptors (Lipinski definition) is 4. The van der Waals surface area contributed by atoms with E-state index in [0.717, 1.165) is 17.5 Å². The van der Waals surface area contributed by atoms with E-state index < -0.39 is 11.7 Å². The van der Waals surface area contributed by atoms with Gasteiger partial charge in [0.25, 0.3) is 0 Å². The molecule has 104 valence electrons. The van der Waals surface area contributed by atoms with Crippen molar-refractivity contribution in [2.75, 3.05) is 7.11 Å². The highest BCUT2D eigenvalue weighted by Gasteiger charge is 2.32. The Hall–Kier alpha value is -2.57. The van der Waals surface area contributed by atoms with Crippen molar-refractivity contribution in [2.45, 2.75) is 18.9 Å². The Morgan fingerprint density at radius 1 is 1.45 bits per heavy atom. The summed E-state index contributed by atoms with van der Waals surface area (Å²) in [4.78, 5) is 23.5. The van der Waals surface area contributed by atoms with E-state index >= 15 is 0 Å². The van der Waals surface area contributed by atoms with Crippen LogP contribution in [-0.4, -0.2) is 32.5 Å². The lowest BCUT2D eigenvalue weighted by Crippen LogP contribution is -2.24. The number of aromatic carboxylic acids is 1. The summed E-state index contributed by atoms with van der Waals surface area (Å²) in [7, 11) is 1.52. The molecule has 0 unspecified atom stereocenters. The Labute approximate surface area is 114 Å². The average Bonchev–Trinajstić information content (AvgIpc) is 3.22. The van der Waals surface area contributed by atoms with E-state index in [1.54, 1.807) is 24.3 Å². The van der Waals surface area contributed by atoms with Crippen LogP contribution >= 0.6 is 0 Å². The lowest BCUT2D eigenvalue weighted by atomic mass is 10.3. The molecule has 1 fully saturated rings. The highest BCUT2D eigenvalue weighted by molar-refractivity contribution is 5.83. The molecule has 3 rings (SSSR count). The van der Waals surface area contributed by atoms with E-state index in [2.05, 4.69) is 5.10 Å².